The molecule has 2 aromatic rings. The molecular formula is C24H29F3N6O2. The van der Waals surface area contributed by atoms with E-state index in [1.165, 1.54) is 13.0 Å². The Hall–Kier alpha value is -3.37. The van der Waals surface area contributed by atoms with Gasteiger partial charge in [0.25, 0.3) is 5.91 Å². The zero-order valence-corrected chi connectivity index (χ0v) is 20.2. The molecule has 0 radical (unpaired) electrons. The van der Waals surface area contributed by atoms with Crippen molar-refractivity contribution in [3.8, 4) is 0 Å². The minimum absolute atomic E-state index is 0.000424. The predicted octanol–water partition coefficient (Wildman–Crippen LogP) is 3.70. The average molecular weight is 491 g/mol. The Morgan fingerprint density at radius 2 is 1.77 bits per heavy atom. The van der Waals surface area contributed by atoms with Gasteiger partial charge >= 0.3 is 6.18 Å². The topological polar surface area (TPSA) is 81.7 Å². The van der Waals surface area contributed by atoms with Crippen molar-refractivity contribution >= 4 is 23.6 Å². The zero-order chi connectivity index (χ0) is 25.5. The van der Waals surface area contributed by atoms with Gasteiger partial charge in [-0.05, 0) is 38.5 Å². The predicted molar refractivity (Wildman–Crippen MR) is 125 cm³/mol. The Balaban J connectivity index is 1.67. The fraction of sp³-hybridized carbons (Fsp3) is 0.500. The van der Waals surface area contributed by atoms with E-state index in [2.05, 4.69) is 10.3 Å². The van der Waals surface area contributed by atoms with E-state index in [-0.39, 0.29) is 17.9 Å². The fourth-order valence-corrected chi connectivity index (χ4v) is 4.35. The maximum atomic E-state index is 13.2. The fourth-order valence-electron chi connectivity index (χ4n) is 4.35. The first kappa shape index (κ1) is 24.7. The van der Waals surface area contributed by atoms with Crippen molar-refractivity contribution in [1.82, 2.24) is 19.8 Å². The lowest BCUT2D eigenvalue weighted by Gasteiger charge is -2.34. The van der Waals surface area contributed by atoms with Crippen LogP contribution in [0.5, 0.6) is 0 Å². The first-order chi connectivity index (χ1) is 16.5. The van der Waals surface area contributed by atoms with Crippen molar-refractivity contribution in [3.05, 3.63) is 46.6 Å². The third-order valence-electron chi connectivity index (χ3n) is 6.49. The van der Waals surface area contributed by atoms with Gasteiger partial charge in [0.05, 0.1) is 12.1 Å². The molecular weight excluding hydrogens is 461 g/mol. The number of amides is 2. The highest BCUT2D eigenvalue weighted by Gasteiger charge is 2.36. The molecule has 188 valence electrons. The number of hydrogen-bond donors (Lipinski definition) is 1. The molecule has 2 amide bonds. The maximum Gasteiger partial charge on any atom is 0.416 e. The molecule has 1 saturated heterocycles. The molecule has 4 rings (SSSR count). The van der Waals surface area contributed by atoms with Crippen molar-refractivity contribution < 1.29 is 22.8 Å². The molecule has 8 nitrogen and oxygen atoms in total. The molecule has 1 aromatic heterocycles. The average Bonchev–Trinajstić information content (AvgIpc) is 3.15. The highest BCUT2D eigenvalue weighted by molar-refractivity contribution is 5.98. The minimum atomic E-state index is -4.44. The number of carbonyl (C=O) groups is 2. The number of rotatable bonds is 5. The van der Waals surface area contributed by atoms with Gasteiger partial charge in [0, 0.05) is 50.7 Å². The first-order valence-electron chi connectivity index (χ1n) is 11.6. The summed E-state index contributed by atoms with van der Waals surface area (Å²) >= 11 is 0. The summed E-state index contributed by atoms with van der Waals surface area (Å²) in [6, 6.07) is 4.62. The lowest BCUT2D eigenvalue weighted by Crippen LogP contribution is -2.48. The van der Waals surface area contributed by atoms with Crippen molar-refractivity contribution in [3.63, 3.8) is 0 Å². The second kappa shape index (κ2) is 9.35. The van der Waals surface area contributed by atoms with E-state index in [0.717, 1.165) is 12.1 Å². The maximum absolute atomic E-state index is 13.2. The Morgan fingerprint density at radius 1 is 1.09 bits per heavy atom. The standard InChI is InChI=1S/C24H29F3N6O2/c1-14(2)33-13-19-20(22(33)35)29-23(32-10-8-31(9-11-32)16(4)34)30-21(19)28-15(3)17-6-5-7-18(12-17)24(25,26)27/h5-7,12,14-15H,8-11,13H2,1-4H3,(H,28,29,30). The van der Waals surface area contributed by atoms with Crippen LogP contribution < -0.4 is 10.2 Å². The lowest BCUT2D eigenvalue weighted by molar-refractivity contribution is -0.137. The van der Waals surface area contributed by atoms with Crippen LogP contribution in [-0.2, 0) is 17.5 Å². The Kier molecular flexibility index (Phi) is 6.61. The molecule has 0 aliphatic carbocycles. The minimum Gasteiger partial charge on any atom is -0.363 e. The molecule has 1 aromatic carbocycles. The van der Waals surface area contributed by atoms with Gasteiger partial charge in [0.15, 0.2) is 0 Å². The normalized spacial score (nSPS) is 17.1. The smallest absolute Gasteiger partial charge is 0.363 e. The number of alkyl halides is 3. The van der Waals surface area contributed by atoms with E-state index >= 15 is 0 Å². The van der Waals surface area contributed by atoms with E-state index in [9.17, 15) is 22.8 Å². The summed E-state index contributed by atoms with van der Waals surface area (Å²) < 4.78 is 39.7. The number of fused-ring (bicyclic) bond motifs is 1. The summed E-state index contributed by atoms with van der Waals surface area (Å²) in [5, 5.41) is 3.24. The van der Waals surface area contributed by atoms with Crippen LogP contribution >= 0.6 is 0 Å². The SMILES string of the molecule is CC(=O)N1CCN(c2nc(NC(C)c3cccc(C(F)(F)F)c3)c3c(n2)C(=O)N(C(C)C)C3)CC1. The second-order valence-corrected chi connectivity index (χ2v) is 9.21. The molecule has 0 bridgehead atoms. The third kappa shape index (κ3) is 5.03. The Morgan fingerprint density at radius 3 is 2.37 bits per heavy atom. The first-order valence-corrected chi connectivity index (χ1v) is 11.6. The Bertz CT molecular complexity index is 1130. The van der Waals surface area contributed by atoms with Crippen LogP contribution in [0.1, 0.15) is 60.9 Å². The van der Waals surface area contributed by atoms with Gasteiger partial charge in [0.1, 0.15) is 11.5 Å². The number of carbonyl (C=O) groups excluding carboxylic acids is 2. The van der Waals surface area contributed by atoms with Crippen LogP contribution in [0.3, 0.4) is 0 Å². The van der Waals surface area contributed by atoms with E-state index in [1.807, 2.05) is 18.7 Å². The summed E-state index contributed by atoms with van der Waals surface area (Å²) in [7, 11) is 0. The van der Waals surface area contributed by atoms with Gasteiger partial charge in [-0.25, -0.2) is 4.98 Å². The quantitative estimate of drug-likeness (QED) is 0.689. The lowest BCUT2D eigenvalue weighted by atomic mass is 10.0. The molecule has 3 heterocycles. The van der Waals surface area contributed by atoms with Crippen molar-refractivity contribution in [2.24, 2.45) is 0 Å². The van der Waals surface area contributed by atoms with Gasteiger partial charge in [-0.2, -0.15) is 18.2 Å². The molecule has 0 saturated carbocycles. The van der Waals surface area contributed by atoms with Gasteiger partial charge in [-0.1, -0.05) is 12.1 Å². The molecule has 2 aliphatic heterocycles. The van der Waals surface area contributed by atoms with Crippen LogP contribution in [0.4, 0.5) is 24.9 Å². The molecule has 1 fully saturated rings. The highest BCUT2D eigenvalue weighted by atomic mass is 19.4. The van der Waals surface area contributed by atoms with Crippen LogP contribution in [0.25, 0.3) is 0 Å². The molecule has 11 heteroatoms. The summed E-state index contributed by atoms with van der Waals surface area (Å²) in [4.78, 5) is 39.4. The molecule has 1 unspecified atom stereocenters. The van der Waals surface area contributed by atoms with E-state index in [1.54, 1.807) is 22.8 Å². The molecule has 1 N–H and O–H groups in total. The van der Waals surface area contributed by atoms with Gasteiger partial charge in [0.2, 0.25) is 11.9 Å². The monoisotopic (exact) mass is 490 g/mol. The van der Waals surface area contributed by atoms with Crippen LogP contribution in [0.15, 0.2) is 24.3 Å². The zero-order valence-electron chi connectivity index (χ0n) is 20.2. The number of benzene rings is 1. The summed E-state index contributed by atoms with van der Waals surface area (Å²) in [5.74, 6) is 0.598. The number of hydrogen-bond acceptors (Lipinski definition) is 6. The second-order valence-electron chi connectivity index (χ2n) is 9.21. The molecule has 0 spiro atoms. The molecule has 2 aliphatic rings. The van der Waals surface area contributed by atoms with Crippen molar-refractivity contribution in [2.75, 3.05) is 36.4 Å². The number of nitrogens with zero attached hydrogens (tertiary/aromatic N) is 5. The van der Waals surface area contributed by atoms with Gasteiger partial charge in [-0.15, -0.1) is 0 Å². The summed E-state index contributed by atoms with van der Waals surface area (Å²) in [5.41, 5.74) is 0.667. The molecule has 35 heavy (non-hydrogen) atoms. The van der Waals surface area contributed by atoms with Gasteiger partial charge < -0.3 is 20.0 Å². The van der Waals surface area contributed by atoms with E-state index in [0.29, 0.717) is 61.3 Å². The van der Waals surface area contributed by atoms with Crippen molar-refractivity contribution in [2.45, 2.75) is 52.5 Å². The van der Waals surface area contributed by atoms with Crippen LogP contribution in [0, 0.1) is 0 Å². The Labute approximate surface area is 202 Å². The third-order valence-corrected chi connectivity index (χ3v) is 6.49. The van der Waals surface area contributed by atoms with Crippen LogP contribution in [-0.4, -0.2) is 63.8 Å². The number of anilines is 2. The number of aromatic nitrogens is 2. The van der Waals surface area contributed by atoms with Crippen LogP contribution in [0.2, 0.25) is 0 Å². The largest absolute Gasteiger partial charge is 0.416 e. The number of piperazine rings is 1. The number of halogens is 3. The summed E-state index contributed by atoms with van der Waals surface area (Å²) in [6.45, 7) is 9.50. The summed E-state index contributed by atoms with van der Waals surface area (Å²) in [6.07, 6.45) is -4.44. The van der Waals surface area contributed by atoms with E-state index in [4.69, 9.17) is 4.98 Å². The van der Waals surface area contributed by atoms with Crippen molar-refractivity contribution in [1.29, 1.82) is 0 Å². The van der Waals surface area contributed by atoms with E-state index < -0.39 is 17.8 Å². The number of nitrogens with one attached hydrogen (secondary N) is 1. The molecule has 1 atom stereocenters. The highest BCUT2D eigenvalue weighted by Crippen LogP contribution is 2.34. The van der Waals surface area contributed by atoms with Gasteiger partial charge in [-0.3, -0.25) is 9.59 Å².